The maximum Gasteiger partial charge on any atom is 0.143 e. The third kappa shape index (κ3) is 2.04. The molecule has 3 rings (SSSR count). The fraction of sp³-hybridized carbons (Fsp3) is 0.200. The third-order valence-electron chi connectivity index (χ3n) is 3.10. The molecule has 2 aromatic rings. The van der Waals surface area contributed by atoms with E-state index in [4.69, 9.17) is 4.74 Å². The summed E-state index contributed by atoms with van der Waals surface area (Å²) in [5.41, 5.74) is 3.00. The first kappa shape index (κ1) is 11.1. The van der Waals surface area contributed by atoms with Gasteiger partial charge in [0.25, 0.3) is 0 Å². The first-order valence-electron chi connectivity index (χ1n) is 5.99. The standard InChI is InChI=1S/C15H14FNO/c1-10-5-6-13-14(7-10)18-15(9-17-13)11-3-2-4-12(16)8-11/h2-8,15,17H,9H2,1H3. The van der Waals surface area contributed by atoms with Crippen LogP contribution in [-0.4, -0.2) is 6.54 Å². The lowest BCUT2D eigenvalue weighted by molar-refractivity contribution is 0.210. The van der Waals surface area contributed by atoms with Gasteiger partial charge in [0.15, 0.2) is 0 Å². The molecule has 92 valence electrons. The SMILES string of the molecule is Cc1ccc2c(c1)OC(c1cccc(F)c1)CN2. The van der Waals surface area contributed by atoms with Gasteiger partial charge in [0.1, 0.15) is 17.7 Å². The summed E-state index contributed by atoms with van der Waals surface area (Å²) in [4.78, 5) is 0. The Morgan fingerprint density at radius 1 is 1.22 bits per heavy atom. The molecule has 0 aliphatic carbocycles. The Labute approximate surface area is 105 Å². The molecule has 1 N–H and O–H groups in total. The van der Waals surface area contributed by atoms with Gasteiger partial charge in [-0.25, -0.2) is 4.39 Å². The number of rotatable bonds is 1. The molecule has 2 nitrogen and oxygen atoms in total. The second-order valence-corrected chi connectivity index (χ2v) is 4.54. The van der Waals surface area contributed by atoms with E-state index in [2.05, 4.69) is 5.32 Å². The molecule has 3 heteroatoms. The molecule has 1 aliphatic rings. The number of nitrogens with one attached hydrogen (secondary N) is 1. The molecule has 0 saturated heterocycles. The van der Waals surface area contributed by atoms with Crippen molar-refractivity contribution in [3.05, 3.63) is 59.4 Å². The molecule has 1 aliphatic heterocycles. The summed E-state index contributed by atoms with van der Waals surface area (Å²) in [5, 5.41) is 3.31. The first-order chi connectivity index (χ1) is 8.72. The van der Waals surface area contributed by atoms with E-state index >= 15 is 0 Å². The molecule has 0 saturated carbocycles. The van der Waals surface area contributed by atoms with E-state index in [1.807, 2.05) is 31.2 Å². The van der Waals surface area contributed by atoms with Crippen molar-refractivity contribution in [2.75, 3.05) is 11.9 Å². The average molecular weight is 243 g/mol. The van der Waals surface area contributed by atoms with Crippen molar-refractivity contribution in [1.82, 2.24) is 0 Å². The Morgan fingerprint density at radius 3 is 2.94 bits per heavy atom. The predicted octanol–water partition coefficient (Wildman–Crippen LogP) is 3.68. The monoisotopic (exact) mass is 243 g/mol. The van der Waals surface area contributed by atoms with Crippen molar-refractivity contribution in [2.45, 2.75) is 13.0 Å². The number of ether oxygens (including phenoxy) is 1. The number of halogens is 1. The number of anilines is 1. The van der Waals surface area contributed by atoms with E-state index in [0.29, 0.717) is 6.54 Å². The second-order valence-electron chi connectivity index (χ2n) is 4.54. The molecule has 0 spiro atoms. The summed E-state index contributed by atoms with van der Waals surface area (Å²) in [7, 11) is 0. The Kier molecular flexibility index (Phi) is 2.67. The van der Waals surface area contributed by atoms with Gasteiger partial charge < -0.3 is 10.1 Å². The minimum absolute atomic E-state index is 0.144. The molecule has 0 aromatic heterocycles. The summed E-state index contributed by atoms with van der Waals surface area (Å²) in [6, 6.07) is 12.6. The van der Waals surface area contributed by atoms with Gasteiger partial charge in [-0.2, -0.15) is 0 Å². The van der Waals surface area contributed by atoms with Crippen LogP contribution in [0.25, 0.3) is 0 Å². The molecule has 1 unspecified atom stereocenters. The predicted molar refractivity (Wildman–Crippen MR) is 69.4 cm³/mol. The summed E-state index contributed by atoms with van der Waals surface area (Å²) in [6.07, 6.45) is -0.144. The molecular weight excluding hydrogens is 229 g/mol. The van der Waals surface area contributed by atoms with Gasteiger partial charge in [-0.1, -0.05) is 18.2 Å². The van der Waals surface area contributed by atoms with Crippen molar-refractivity contribution in [3.8, 4) is 5.75 Å². The van der Waals surface area contributed by atoms with Crippen LogP contribution in [0.3, 0.4) is 0 Å². The molecule has 1 heterocycles. The molecular formula is C15H14FNO. The molecule has 0 bridgehead atoms. The lowest BCUT2D eigenvalue weighted by Gasteiger charge is -2.28. The van der Waals surface area contributed by atoms with Crippen LogP contribution in [0.15, 0.2) is 42.5 Å². The van der Waals surface area contributed by atoms with E-state index in [9.17, 15) is 4.39 Å². The zero-order valence-corrected chi connectivity index (χ0v) is 10.1. The lowest BCUT2D eigenvalue weighted by Crippen LogP contribution is -2.23. The molecule has 18 heavy (non-hydrogen) atoms. The van der Waals surface area contributed by atoms with Crippen LogP contribution >= 0.6 is 0 Å². The number of hydrogen-bond acceptors (Lipinski definition) is 2. The minimum Gasteiger partial charge on any atom is -0.482 e. The van der Waals surface area contributed by atoms with Gasteiger partial charge in [0.05, 0.1) is 12.2 Å². The highest BCUT2D eigenvalue weighted by molar-refractivity contribution is 5.59. The Balaban J connectivity index is 1.90. The van der Waals surface area contributed by atoms with Gasteiger partial charge in [0, 0.05) is 0 Å². The van der Waals surface area contributed by atoms with E-state index in [0.717, 1.165) is 22.6 Å². The second kappa shape index (κ2) is 4.33. The number of benzene rings is 2. The Morgan fingerprint density at radius 2 is 2.11 bits per heavy atom. The Hall–Kier alpha value is -2.03. The lowest BCUT2D eigenvalue weighted by atomic mass is 10.1. The van der Waals surface area contributed by atoms with E-state index in [1.165, 1.54) is 12.1 Å². The van der Waals surface area contributed by atoms with Crippen LogP contribution in [0.2, 0.25) is 0 Å². The van der Waals surface area contributed by atoms with Gasteiger partial charge >= 0.3 is 0 Å². The summed E-state index contributed by atoms with van der Waals surface area (Å²) in [6.45, 7) is 2.68. The molecule has 1 atom stereocenters. The van der Waals surface area contributed by atoms with Crippen molar-refractivity contribution in [1.29, 1.82) is 0 Å². The van der Waals surface area contributed by atoms with Gasteiger partial charge in [-0.3, -0.25) is 0 Å². The Bertz CT molecular complexity index is 582. The average Bonchev–Trinajstić information content (AvgIpc) is 2.38. The quantitative estimate of drug-likeness (QED) is 0.825. The van der Waals surface area contributed by atoms with Crippen LogP contribution in [0.1, 0.15) is 17.2 Å². The van der Waals surface area contributed by atoms with E-state index < -0.39 is 0 Å². The summed E-state index contributed by atoms with van der Waals surface area (Å²) >= 11 is 0. The van der Waals surface area contributed by atoms with Crippen molar-refractivity contribution < 1.29 is 9.13 Å². The zero-order valence-electron chi connectivity index (χ0n) is 10.1. The van der Waals surface area contributed by atoms with Crippen molar-refractivity contribution in [2.24, 2.45) is 0 Å². The fourth-order valence-electron chi connectivity index (χ4n) is 2.16. The topological polar surface area (TPSA) is 21.3 Å². The zero-order chi connectivity index (χ0) is 12.5. The molecule has 0 radical (unpaired) electrons. The maximum absolute atomic E-state index is 13.2. The number of aryl methyl sites for hydroxylation is 1. The van der Waals surface area contributed by atoms with Crippen LogP contribution in [0.5, 0.6) is 5.75 Å². The summed E-state index contributed by atoms with van der Waals surface area (Å²) in [5.74, 6) is 0.599. The number of fused-ring (bicyclic) bond motifs is 1. The van der Waals surface area contributed by atoms with Crippen LogP contribution in [0.4, 0.5) is 10.1 Å². The highest BCUT2D eigenvalue weighted by Gasteiger charge is 2.21. The van der Waals surface area contributed by atoms with Crippen LogP contribution in [0, 0.1) is 12.7 Å². The molecule has 0 fully saturated rings. The van der Waals surface area contributed by atoms with Crippen LogP contribution < -0.4 is 10.1 Å². The first-order valence-corrected chi connectivity index (χ1v) is 5.99. The number of hydrogen-bond donors (Lipinski definition) is 1. The minimum atomic E-state index is -0.230. The van der Waals surface area contributed by atoms with Gasteiger partial charge in [0.2, 0.25) is 0 Å². The molecule has 0 amide bonds. The normalized spacial score (nSPS) is 17.6. The largest absolute Gasteiger partial charge is 0.482 e. The van der Waals surface area contributed by atoms with Gasteiger partial charge in [-0.05, 0) is 42.3 Å². The van der Waals surface area contributed by atoms with Crippen molar-refractivity contribution >= 4 is 5.69 Å². The fourth-order valence-corrected chi connectivity index (χ4v) is 2.16. The van der Waals surface area contributed by atoms with E-state index in [-0.39, 0.29) is 11.9 Å². The molecule has 2 aromatic carbocycles. The third-order valence-corrected chi connectivity index (χ3v) is 3.10. The highest BCUT2D eigenvalue weighted by Crippen LogP contribution is 2.34. The smallest absolute Gasteiger partial charge is 0.143 e. The van der Waals surface area contributed by atoms with E-state index in [1.54, 1.807) is 6.07 Å². The highest BCUT2D eigenvalue weighted by atomic mass is 19.1. The summed E-state index contributed by atoms with van der Waals surface area (Å²) < 4.78 is 19.1. The van der Waals surface area contributed by atoms with Crippen LogP contribution in [-0.2, 0) is 0 Å². The van der Waals surface area contributed by atoms with Gasteiger partial charge in [-0.15, -0.1) is 0 Å². The maximum atomic E-state index is 13.2. The van der Waals surface area contributed by atoms with Crippen molar-refractivity contribution in [3.63, 3.8) is 0 Å².